The standard InChI is InChI=1S/C13H26N2O.ClH/c1-11(14)13-5-2-6-15(9-13)8-12-4-3-7-16-10-12;/h11-13H,2-10,14H2,1H3;1H. The molecule has 0 saturated carbocycles. The first-order valence-electron chi connectivity index (χ1n) is 6.81. The number of nitrogens with two attached hydrogens (primary N) is 1. The molecule has 2 rings (SSSR count). The van der Waals surface area contributed by atoms with Crippen LogP contribution in [-0.4, -0.2) is 43.8 Å². The van der Waals surface area contributed by atoms with Crippen LogP contribution in [0.2, 0.25) is 0 Å². The summed E-state index contributed by atoms with van der Waals surface area (Å²) in [6.07, 6.45) is 5.23. The number of rotatable bonds is 3. The fourth-order valence-electron chi connectivity index (χ4n) is 3.00. The number of likely N-dealkylation sites (tertiary alicyclic amines) is 1. The van der Waals surface area contributed by atoms with E-state index >= 15 is 0 Å². The van der Waals surface area contributed by atoms with Crippen molar-refractivity contribution in [2.24, 2.45) is 17.6 Å². The average Bonchev–Trinajstić information content (AvgIpc) is 2.30. The fraction of sp³-hybridized carbons (Fsp3) is 1.00. The summed E-state index contributed by atoms with van der Waals surface area (Å²) in [5, 5.41) is 0. The lowest BCUT2D eigenvalue weighted by molar-refractivity contribution is 0.0300. The highest BCUT2D eigenvalue weighted by atomic mass is 35.5. The van der Waals surface area contributed by atoms with Crippen LogP contribution in [0.15, 0.2) is 0 Å². The summed E-state index contributed by atoms with van der Waals surface area (Å²) >= 11 is 0. The first kappa shape index (κ1) is 15.2. The maximum absolute atomic E-state index is 6.01. The number of ether oxygens (including phenoxy) is 1. The molecule has 0 amide bonds. The lowest BCUT2D eigenvalue weighted by Crippen LogP contribution is -2.44. The van der Waals surface area contributed by atoms with Crippen molar-refractivity contribution in [2.75, 3.05) is 32.8 Å². The van der Waals surface area contributed by atoms with Crippen molar-refractivity contribution in [1.82, 2.24) is 4.90 Å². The molecule has 17 heavy (non-hydrogen) atoms. The smallest absolute Gasteiger partial charge is 0.0506 e. The zero-order valence-electron chi connectivity index (χ0n) is 10.9. The first-order chi connectivity index (χ1) is 7.75. The lowest BCUT2D eigenvalue weighted by Gasteiger charge is -2.37. The van der Waals surface area contributed by atoms with E-state index in [0.717, 1.165) is 19.1 Å². The maximum Gasteiger partial charge on any atom is 0.0506 e. The van der Waals surface area contributed by atoms with Gasteiger partial charge in [0, 0.05) is 25.7 Å². The molecular weight excluding hydrogens is 236 g/mol. The van der Waals surface area contributed by atoms with E-state index in [9.17, 15) is 0 Å². The minimum absolute atomic E-state index is 0. The fourth-order valence-corrected chi connectivity index (χ4v) is 3.00. The van der Waals surface area contributed by atoms with E-state index in [4.69, 9.17) is 10.5 Å². The van der Waals surface area contributed by atoms with Gasteiger partial charge in [-0.3, -0.25) is 0 Å². The van der Waals surface area contributed by atoms with Crippen molar-refractivity contribution in [2.45, 2.75) is 38.6 Å². The Morgan fingerprint density at radius 3 is 2.82 bits per heavy atom. The van der Waals surface area contributed by atoms with Gasteiger partial charge in [0.1, 0.15) is 0 Å². The maximum atomic E-state index is 6.01. The third-order valence-electron chi connectivity index (χ3n) is 4.06. The van der Waals surface area contributed by atoms with E-state index in [1.54, 1.807) is 0 Å². The van der Waals surface area contributed by atoms with Crippen molar-refractivity contribution in [3.63, 3.8) is 0 Å². The molecule has 0 spiro atoms. The van der Waals surface area contributed by atoms with E-state index in [2.05, 4.69) is 11.8 Å². The van der Waals surface area contributed by atoms with Crippen molar-refractivity contribution in [3.8, 4) is 0 Å². The second kappa shape index (κ2) is 7.57. The van der Waals surface area contributed by atoms with Gasteiger partial charge in [-0.25, -0.2) is 0 Å². The second-order valence-electron chi connectivity index (χ2n) is 5.60. The monoisotopic (exact) mass is 262 g/mol. The predicted octanol–water partition coefficient (Wildman–Crippen LogP) is 1.89. The first-order valence-corrected chi connectivity index (χ1v) is 6.81. The Bertz CT molecular complexity index is 208. The van der Waals surface area contributed by atoms with Crippen LogP contribution in [-0.2, 0) is 4.74 Å². The molecule has 3 nitrogen and oxygen atoms in total. The van der Waals surface area contributed by atoms with Crippen LogP contribution in [0.5, 0.6) is 0 Å². The molecule has 0 aromatic heterocycles. The Labute approximate surface area is 111 Å². The number of hydrogen-bond donors (Lipinski definition) is 1. The lowest BCUT2D eigenvalue weighted by atomic mass is 9.91. The molecule has 0 bridgehead atoms. The summed E-state index contributed by atoms with van der Waals surface area (Å²) in [7, 11) is 0. The van der Waals surface area contributed by atoms with Gasteiger partial charge in [-0.2, -0.15) is 0 Å². The number of nitrogens with zero attached hydrogens (tertiary/aromatic N) is 1. The largest absolute Gasteiger partial charge is 0.381 e. The minimum Gasteiger partial charge on any atom is -0.381 e. The molecule has 3 atom stereocenters. The van der Waals surface area contributed by atoms with Crippen LogP contribution in [0.4, 0.5) is 0 Å². The van der Waals surface area contributed by atoms with Gasteiger partial charge in [0.15, 0.2) is 0 Å². The highest BCUT2D eigenvalue weighted by molar-refractivity contribution is 5.85. The van der Waals surface area contributed by atoms with E-state index in [-0.39, 0.29) is 12.4 Å². The Morgan fingerprint density at radius 1 is 1.35 bits per heavy atom. The Hall–Kier alpha value is 0.170. The van der Waals surface area contributed by atoms with Gasteiger partial charge in [-0.1, -0.05) is 0 Å². The van der Waals surface area contributed by atoms with Crippen LogP contribution in [0.1, 0.15) is 32.6 Å². The third-order valence-corrected chi connectivity index (χ3v) is 4.06. The van der Waals surface area contributed by atoms with Gasteiger partial charge in [0.25, 0.3) is 0 Å². The molecule has 2 N–H and O–H groups in total. The Kier molecular flexibility index (Phi) is 6.78. The minimum atomic E-state index is 0. The molecule has 2 aliphatic rings. The quantitative estimate of drug-likeness (QED) is 0.844. The summed E-state index contributed by atoms with van der Waals surface area (Å²) in [4.78, 5) is 2.61. The van der Waals surface area contributed by atoms with Gasteiger partial charge in [0.2, 0.25) is 0 Å². The number of halogens is 1. The molecule has 2 aliphatic heterocycles. The molecule has 0 aliphatic carbocycles. The van der Waals surface area contributed by atoms with Crippen LogP contribution in [0.3, 0.4) is 0 Å². The van der Waals surface area contributed by atoms with Crippen molar-refractivity contribution in [3.05, 3.63) is 0 Å². The van der Waals surface area contributed by atoms with Gasteiger partial charge in [0.05, 0.1) is 6.61 Å². The van der Waals surface area contributed by atoms with Crippen LogP contribution in [0, 0.1) is 11.8 Å². The van der Waals surface area contributed by atoms with E-state index in [0.29, 0.717) is 12.0 Å². The third kappa shape index (κ3) is 4.74. The SMILES string of the molecule is CC(N)C1CCCN(CC2CCCOC2)C1.Cl. The van der Waals surface area contributed by atoms with E-state index in [1.807, 2.05) is 0 Å². The number of piperidine rings is 1. The predicted molar refractivity (Wildman–Crippen MR) is 73.6 cm³/mol. The highest BCUT2D eigenvalue weighted by Crippen LogP contribution is 2.22. The summed E-state index contributed by atoms with van der Waals surface area (Å²) in [6.45, 7) is 7.79. The molecule has 2 heterocycles. The zero-order valence-corrected chi connectivity index (χ0v) is 11.8. The van der Waals surface area contributed by atoms with Gasteiger partial charge in [-0.05, 0) is 51.0 Å². The molecule has 102 valence electrons. The number of hydrogen-bond acceptors (Lipinski definition) is 3. The molecule has 0 aromatic rings. The van der Waals surface area contributed by atoms with Crippen molar-refractivity contribution in [1.29, 1.82) is 0 Å². The van der Waals surface area contributed by atoms with Crippen LogP contribution < -0.4 is 5.73 Å². The summed E-state index contributed by atoms with van der Waals surface area (Å²) < 4.78 is 5.55. The van der Waals surface area contributed by atoms with Gasteiger partial charge in [-0.15, -0.1) is 12.4 Å². The second-order valence-corrected chi connectivity index (χ2v) is 5.60. The van der Waals surface area contributed by atoms with Crippen molar-refractivity contribution < 1.29 is 4.74 Å². The van der Waals surface area contributed by atoms with Crippen LogP contribution >= 0.6 is 12.4 Å². The molecule has 2 saturated heterocycles. The van der Waals surface area contributed by atoms with Gasteiger partial charge < -0.3 is 15.4 Å². The zero-order chi connectivity index (χ0) is 11.4. The normalized spacial score (nSPS) is 32.8. The molecule has 4 heteroatoms. The van der Waals surface area contributed by atoms with Crippen LogP contribution in [0.25, 0.3) is 0 Å². The molecular formula is C13H27ClN2O. The van der Waals surface area contributed by atoms with E-state index < -0.39 is 0 Å². The Morgan fingerprint density at radius 2 is 2.18 bits per heavy atom. The molecule has 0 aromatic carbocycles. The topological polar surface area (TPSA) is 38.5 Å². The molecule has 2 fully saturated rings. The Balaban J connectivity index is 0.00000144. The van der Waals surface area contributed by atoms with Crippen molar-refractivity contribution >= 4 is 12.4 Å². The van der Waals surface area contributed by atoms with Gasteiger partial charge >= 0.3 is 0 Å². The molecule has 3 unspecified atom stereocenters. The van der Waals surface area contributed by atoms with E-state index in [1.165, 1.54) is 45.3 Å². The summed E-state index contributed by atoms with van der Waals surface area (Å²) in [5.74, 6) is 1.47. The highest BCUT2D eigenvalue weighted by Gasteiger charge is 2.25. The average molecular weight is 263 g/mol. The summed E-state index contributed by atoms with van der Waals surface area (Å²) in [5.41, 5.74) is 6.01. The molecule has 0 radical (unpaired) electrons. The summed E-state index contributed by atoms with van der Waals surface area (Å²) in [6, 6.07) is 0.352.